The number of rotatable bonds is 7. The molecule has 8 heteroatoms. The highest BCUT2D eigenvalue weighted by molar-refractivity contribution is 7.91. The lowest BCUT2D eigenvalue weighted by molar-refractivity contribution is 0.0747. The number of amides is 1. The number of pyridine rings is 1. The molecular weight excluding hydrogens is 328 g/mol. The Morgan fingerprint density at radius 1 is 1.33 bits per heavy atom. The van der Waals surface area contributed by atoms with Gasteiger partial charge >= 0.3 is 0 Å². The van der Waals surface area contributed by atoms with Crippen molar-refractivity contribution >= 4 is 21.6 Å². The Balaban J connectivity index is 1.89. The molecule has 1 aliphatic rings. The third-order valence-corrected chi connectivity index (χ3v) is 5.93. The van der Waals surface area contributed by atoms with Crippen LogP contribution in [-0.2, 0) is 9.84 Å². The van der Waals surface area contributed by atoms with Crippen LogP contribution in [0.1, 0.15) is 23.2 Å². The number of nitrogens with one attached hydrogen (secondary N) is 1. The first-order valence-electron chi connectivity index (χ1n) is 8.11. The first kappa shape index (κ1) is 18.7. The maximum Gasteiger partial charge on any atom is 0.255 e. The molecule has 1 unspecified atom stereocenters. The first-order valence-corrected chi connectivity index (χ1v) is 9.93. The normalized spacial score (nSPS) is 19.4. The van der Waals surface area contributed by atoms with Gasteiger partial charge in [0.05, 0.1) is 17.1 Å². The van der Waals surface area contributed by atoms with Gasteiger partial charge in [0.15, 0.2) is 9.84 Å². The van der Waals surface area contributed by atoms with Crippen molar-refractivity contribution < 1.29 is 13.2 Å². The molecule has 0 aliphatic carbocycles. The number of carbonyl (C=O) groups is 1. The van der Waals surface area contributed by atoms with E-state index in [-0.39, 0.29) is 23.5 Å². The number of hydrogen-bond donors (Lipinski definition) is 1. The van der Waals surface area contributed by atoms with E-state index in [2.05, 4.69) is 15.2 Å². The van der Waals surface area contributed by atoms with Crippen LogP contribution < -0.4 is 5.32 Å². The van der Waals surface area contributed by atoms with Crippen molar-refractivity contribution in [3.8, 4) is 0 Å². The lowest BCUT2D eigenvalue weighted by Gasteiger charge is -2.23. The molecule has 134 valence electrons. The van der Waals surface area contributed by atoms with E-state index in [1.165, 1.54) is 11.1 Å². The molecule has 1 aliphatic heterocycles. The number of nitrogens with zero attached hydrogens (tertiary/aromatic N) is 3. The van der Waals surface area contributed by atoms with Gasteiger partial charge in [-0.2, -0.15) is 0 Å². The molecule has 1 aromatic heterocycles. The van der Waals surface area contributed by atoms with Crippen LogP contribution in [0.15, 0.2) is 18.3 Å². The summed E-state index contributed by atoms with van der Waals surface area (Å²) in [6.45, 7) is 1.82. The van der Waals surface area contributed by atoms with Gasteiger partial charge in [0, 0.05) is 25.8 Å². The maximum absolute atomic E-state index is 12.5. The molecule has 2 heterocycles. The van der Waals surface area contributed by atoms with Gasteiger partial charge in [-0.15, -0.1) is 0 Å². The molecule has 0 aromatic carbocycles. The van der Waals surface area contributed by atoms with E-state index in [1.54, 1.807) is 19.2 Å². The predicted octanol–water partition coefficient (Wildman–Crippen LogP) is 0.704. The fourth-order valence-electron chi connectivity index (χ4n) is 2.69. The van der Waals surface area contributed by atoms with Gasteiger partial charge in [-0.1, -0.05) is 0 Å². The van der Waals surface area contributed by atoms with Crippen molar-refractivity contribution in [2.75, 3.05) is 51.1 Å². The minimum Gasteiger partial charge on any atom is -0.370 e. The number of anilines is 1. The molecule has 1 fully saturated rings. The zero-order valence-electron chi connectivity index (χ0n) is 14.5. The monoisotopic (exact) mass is 354 g/mol. The topological polar surface area (TPSA) is 82.6 Å². The molecular formula is C16H26N4O3S. The summed E-state index contributed by atoms with van der Waals surface area (Å²) in [7, 11) is 2.71. The van der Waals surface area contributed by atoms with Gasteiger partial charge in [0.2, 0.25) is 0 Å². The lowest BCUT2D eigenvalue weighted by Crippen LogP contribution is -2.37. The minimum absolute atomic E-state index is 0.0498. The minimum atomic E-state index is -3.00. The van der Waals surface area contributed by atoms with Crippen LogP contribution in [-0.4, -0.2) is 80.9 Å². The first-order chi connectivity index (χ1) is 11.3. The molecule has 7 nitrogen and oxygen atoms in total. The molecule has 0 radical (unpaired) electrons. The van der Waals surface area contributed by atoms with Gasteiger partial charge in [0.25, 0.3) is 5.91 Å². The number of carbonyl (C=O) groups excluding carboxylic acids is 1. The highest BCUT2D eigenvalue weighted by atomic mass is 32.2. The Kier molecular flexibility index (Phi) is 6.17. The van der Waals surface area contributed by atoms with Crippen LogP contribution in [0.5, 0.6) is 0 Å². The highest BCUT2D eigenvalue weighted by Gasteiger charge is 2.33. The third-order valence-electron chi connectivity index (χ3n) is 4.18. The van der Waals surface area contributed by atoms with Crippen LogP contribution >= 0.6 is 0 Å². The van der Waals surface area contributed by atoms with Gasteiger partial charge in [0.1, 0.15) is 5.82 Å². The highest BCUT2D eigenvalue weighted by Crippen LogP contribution is 2.18. The van der Waals surface area contributed by atoms with E-state index in [9.17, 15) is 13.2 Å². The molecule has 2 rings (SSSR count). The third kappa shape index (κ3) is 5.17. The Morgan fingerprint density at radius 3 is 2.62 bits per heavy atom. The van der Waals surface area contributed by atoms with E-state index in [4.69, 9.17) is 0 Å². The van der Waals surface area contributed by atoms with Gasteiger partial charge in [-0.25, -0.2) is 13.4 Å². The Bertz CT molecular complexity index is 658. The standard InChI is InChI=1S/C16H26N4O3S/c1-19(2)9-4-8-17-15-6-5-13(11-18-15)16(21)20(3)14-7-10-24(22,23)12-14/h5-6,11,14H,4,7-10,12H2,1-3H3,(H,17,18). The second-order valence-corrected chi connectivity index (χ2v) is 8.72. The van der Waals surface area contributed by atoms with Gasteiger partial charge in [-0.3, -0.25) is 4.79 Å². The average molecular weight is 354 g/mol. The molecule has 24 heavy (non-hydrogen) atoms. The van der Waals surface area contributed by atoms with Crippen LogP contribution in [0, 0.1) is 0 Å². The van der Waals surface area contributed by atoms with Crippen molar-refractivity contribution in [2.45, 2.75) is 18.9 Å². The number of hydrogen-bond acceptors (Lipinski definition) is 6. The molecule has 1 N–H and O–H groups in total. The predicted molar refractivity (Wildman–Crippen MR) is 95.1 cm³/mol. The number of aromatic nitrogens is 1. The van der Waals surface area contributed by atoms with Crippen molar-refractivity contribution in [1.82, 2.24) is 14.8 Å². The Labute approximate surface area is 144 Å². The van der Waals surface area contributed by atoms with E-state index in [0.717, 1.165) is 25.3 Å². The molecule has 0 bridgehead atoms. The van der Waals surface area contributed by atoms with Crippen molar-refractivity contribution in [1.29, 1.82) is 0 Å². The summed E-state index contributed by atoms with van der Waals surface area (Å²) in [4.78, 5) is 20.4. The zero-order chi connectivity index (χ0) is 17.7. The summed E-state index contributed by atoms with van der Waals surface area (Å²) in [6, 6.07) is 3.26. The Hall–Kier alpha value is -1.67. The van der Waals surface area contributed by atoms with Crippen LogP contribution in [0.3, 0.4) is 0 Å². The zero-order valence-corrected chi connectivity index (χ0v) is 15.3. The molecule has 1 saturated heterocycles. The summed E-state index contributed by atoms with van der Waals surface area (Å²) >= 11 is 0. The fraction of sp³-hybridized carbons (Fsp3) is 0.625. The summed E-state index contributed by atoms with van der Waals surface area (Å²) in [6.07, 6.45) is 3.05. The second kappa shape index (κ2) is 7.94. The fourth-order valence-corrected chi connectivity index (χ4v) is 4.46. The van der Waals surface area contributed by atoms with Crippen LogP contribution in [0.4, 0.5) is 5.82 Å². The molecule has 0 spiro atoms. The smallest absolute Gasteiger partial charge is 0.255 e. The van der Waals surface area contributed by atoms with Gasteiger partial charge < -0.3 is 15.1 Å². The quantitative estimate of drug-likeness (QED) is 0.726. The summed E-state index contributed by atoms with van der Waals surface area (Å²) < 4.78 is 23.1. The summed E-state index contributed by atoms with van der Waals surface area (Å²) in [5.74, 6) is 0.748. The van der Waals surface area contributed by atoms with E-state index >= 15 is 0 Å². The van der Waals surface area contributed by atoms with Crippen molar-refractivity contribution in [3.05, 3.63) is 23.9 Å². The van der Waals surface area contributed by atoms with Crippen LogP contribution in [0.2, 0.25) is 0 Å². The van der Waals surface area contributed by atoms with E-state index in [0.29, 0.717) is 12.0 Å². The molecule has 1 aromatic rings. The molecule has 1 amide bonds. The van der Waals surface area contributed by atoms with Crippen molar-refractivity contribution in [3.63, 3.8) is 0 Å². The van der Waals surface area contributed by atoms with E-state index in [1.807, 2.05) is 14.1 Å². The van der Waals surface area contributed by atoms with E-state index < -0.39 is 9.84 Å². The maximum atomic E-state index is 12.5. The SMILES string of the molecule is CN(C)CCCNc1ccc(C(=O)N(C)C2CCS(=O)(=O)C2)cn1. The largest absolute Gasteiger partial charge is 0.370 e. The summed E-state index contributed by atoms with van der Waals surface area (Å²) in [5, 5.41) is 3.22. The average Bonchev–Trinajstić information content (AvgIpc) is 2.90. The molecule has 1 atom stereocenters. The number of sulfone groups is 1. The van der Waals surface area contributed by atoms with Crippen molar-refractivity contribution in [2.24, 2.45) is 0 Å². The molecule has 0 saturated carbocycles. The summed E-state index contributed by atoms with van der Waals surface area (Å²) in [5.41, 5.74) is 0.473. The second-order valence-electron chi connectivity index (χ2n) is 6.49. The van der Waals surface area contributed by atoms with Crippen LogP contribution in [0.25, 0.3) is 0 Å². The Morgan fingerprint density at radius 2 is 2.08 bits per heavy atom. The van der Waals surface area contributed by atoms with Gasteiger partial charge in [-0.05, 0) is 45.6 Å². The lowest BCUT2D eigenvalue weighted by atomic mass is 10.2.